The van der Waals surface area contributed by atoms with Crippen molar-refractivity contribution in [3.8, 4) is 5.88 Å². The molecule has 12 heteroatoms. The second kappa shape index (κ2) is 6.78. The van der Waals surface area contributed by atoms with Crippen LogP contribution in [0.4, 0.5) is 5.82 Å². The number of carbonyl (C=O) groups excluding carboxylic acids is 1. The van der Waals surface area contributed by atoms with E-state index in [1.165, 1.54) is 10.6 Å². The monoisotopic (exact) mass is 412 g/mol. The van der Waals surface area contributed by atoms with Gasteiger partial charge in [-0.25, -0.2) is 5.14 Å². The minimum absolute atomic E-state index is 0.0321. The van der Waals surface area contributed by atoms with Gasteiger partial charge < -0.3 is 10.4 Å². The summed E-state index contributed by atoms with van der Waals surface area (Å²) in [5.74, 6) is -1.53. The van der Waals surface area contributed by atoms with E-state index in [0.29, 0.717) is 0 Å². The first-order valence-corrected chi connectivity index (χ1v) is 10.4. The number of anilines is 1. The van der Waals surface area contributed by atoms with Crippen molar-refractivity contribution in [1.82, 2.24) is 19.5 Å². The third kappa shape index (κ3) is 4.12. The molecule has 0 saturated heterocycles. The molecule has 1 amide bonds. The summed E-state index contributed by atoms with van der Waals surface area (Å²) in [6, 6.07) is 1.24. The number of nitrogens with zero attached hydrogens (tertiary/aromatic N) is 3. The molecule has 0 radical (unpaired) electrons. The molecule has 2 heterocycles. The second-order valence-corrected chi connectivity index (χ2v) is 9.49. The molecule has 2 aromatic heterocycles. The van der Waals surface area contributed by atoms with Crippen molar-refractivity contribution in [2.75, 3.05) is 4.72 Å². The van der Waals surface area contributed by atoms with Gasteiger partial charge in [-0.2, -0.15) is 12.9 Å². The number of nitrogens with two attached hydrogens (primary N) is 1. The van der Waals surface area contributed by atoms with Crippen LogP contribution in [0.2, 0.25) is 0 Å². The van der Waals surface area contributed by atoms with E-state index in [9.17, 15) is 23.1 Å². The van der Waals surface area contributed by atoms with Gasteiger partial charge in [-0.05, 0) is 24.7 Å². The van der Waals surface area contributed by atoms with Crippen molar-refractivity contribution in [2.24, 2.45) is 10.6 Å². The van der Waals surface area contributed by atoms with Crippen molar-refractivity contribution >= 4 is 27.6 Å². The summed E-state index contributed by atoms with van der Waals surface area (Å²) in [4.78, 5) is 25.7. The first kappa shape index (κ1) is 20.1. The molecule has 0 aliphatic heterocycles. The van der Waals surface area contributed by atoms with E-state index in [0.717, 1.165) is 23.8 Å². The fourth-order valence-electron chi connectivity index (χ4n) is 2.99. The van der Waals surface area contributed by atoms with E-state index < -0.39 is 33.1 Å². The molecule has 1 aliphatic carbocycles. The summed E-state index contributed by atoms with van der Waals surface area (Å²) in [5.41, 5.74) is -1.34. The molecule has 5 N–H and O–H groups in total. The van der Waals surface area contributed by atoms with Crippen LogP contribution in [0, 0.1) is 5.41 Å². The molecule has 0 spiro atoms. The van der Waals surface area contributed by atoms with Gasteiger partial charge in [0.15, 0.2) is 11.4 Å². The summed E-state index contributed by atoms with van der Waals surface area (Å²) in [5, 5.41) is 22.2. The summed E-state index contributed by atoms with van der Waals surface area (Å²) < 4.78 is 26.8. The average Bonchev–Trinajstić information content (AvgIpc) is 2.88. The number of hydrogen-bond acceptors (Lipinski definition) is 6. The first-order valence-electron chi connectivity index (χ1n) is 8.83. The van der Waals surface area contributed by atoms with Crippen molar-refractivity contribution < 1.29 is 18.3 Å². The van der Waals surface area contributed by atoms with Gasteiger partial charge in [-0.1, -0.05) is 20.8 Å². The van der Waals surface area contributed by atoms with Gasteiger partial charge in [0.25, 0.3) is 21.7 Å². The van der Waals surface area contributed by atoms with Gasteiger partial charge in [0.05, 0.1) is 0 Å². The molecule has 0 unspecified atom stereocenters. The summed E-state index contributed by atoms with van der Waals surface area (Å²) in [7, 11) is -4.11. The number of carbonyl (C=O) groups is 1. The molecule has 0 atom stereocenters. The number of hydrogen-bond donors (Lipinski definition) is 4. The Morgan fingerprint density at radius 3 is 2.54 bits per heavy atom. The highest BCUT2D eigenvalue weighted by Crippen LogP contribution is 2.24. The normalized spacial score (nSPS) is 15.4. The topological polar surface area (TPSA) is 161 Å². The number of fused-ring (bicyclic) bond motifs is 1. The quantitative estimate of drug-likeness (QED) is 0.546. The van der Waals surface area contributed by atoms with Gasteiger partial charge in [-0.3, -0.25) is 18.9 Å². The maximum absolute atomic E-state index is 13.0. The predicted octanol–water partition coefficient (Wildman–Crippen LogP) is 0.145. The average molecular weight is 412 g/mol. The van der Waals surface area contributed by atoms with Crippen molar-refractivity contribution in [1.29, 1.82) is 0 Å². The van der Waals surface area contributed by atoms with Crippen LogP contribution in [0.25, 0.3) is 5.65 Å². The molecule has 3 rings (SSSR count). The van der Waals surface area contributed by atoms with E-state index in [1.807, 2.05) is 25.5 Å². The minimum atomic E-state index is -4.11. The van der Waals surface area contributed by atoms with E-state index in [-0.39, 0.29) is 29.5 Å². The smallest absolute Gasteiger partial charge is 0.297 e. The Morgan fingerprint density at radius 2 is 2.04 bits per heavy atom. The Balaban J connectivity index is 2.19. The fourth-order valence-corrected chi connectivity index (χ4v) is 3.38. The highest BCUT2D eigenvalue weighted by Gasteiger charge is 2.29. The summed E-state index contributed by atoms with van der Waals surface area (Å²) >= 11 is 0. The molecule has 2 aromatic rings. The zero-order valence-electron chi connectivity index (χ0n) is 15.9. The third-order valence-corrected chi connectivity index (χ3v) is 4.89. The molecular formula is C16H24N6O5S. The van der Waals surface area contributed by atoms with Crippen LogP contribution in [-0.4, -0.2) is 39.7 Å². The number of amides is 1. The van der Waals surface area contributed by atoms with Crippen LogP contribution < -0.4 is 20.7 Å². The largest absolute Gasteiger partial charge is 0.492 e. The molecule has 1 aliphatic rings. The highest BCUT2D eigenvalue weighted by molar-refractivity contribution is 7.90. The van der Waals surface area contributed by atoms with Gasteiger partial charge in [0, 0.05) is 18.7 Å². The lowest BCUT2D eigenvalue weighted by molar-refractivity contribution is 0.0910. The molecule has 1 saturated carbocycles. The number of aromatic nitrogens is 3. The van der Waals surface area contributed by atoms with Crippen molar-refractivity contribution in [3.63, 3.8) is 0 Å². The van der Waals surface area contributed by atoms with Crippen molar-refractivity contribution in [3.05, 3.63) is 22.0 Å². The van der Waals surface area contributed by atoms with Crippen LogP contribution in [0.5, 0.6) is 5.88 Å². The van der Waals surface area contributed by atoms with Crippen LogP contribution in [0.3, 0.4) is 0 Å². The minimum Gasteiger partial charge on any atom is -0.492 e. The second-order valence-electron chi connectivity index (χ2n) is 8.20. The van der Waals surface area contributed by atoms with E-state index in [1.54, 1.807) is 0 Å². The van der Waals surface area contributed by atoms with Crippen LogP contribution in [0.15, 0.2) is 10.9 Å². The summed E-state index contributed by atoms with van der Waals surface area (Å²) in [6.45, 7) is 5.91. The predicted molar refractivity (Wildman–Crippen MR) is 102 cm³/mol. The Morgan fingerprint density at radius 1 is 1.39 bits per heavy atom. The zero-order chi connectivity index (χ0) is 20.9. The molecule has 154 valence electrons. The first-order chi connectivity index (χ1) is 12.9. The third-order valence-electron chi connectivity index (χ3n) is 4.40. The van der Waals surface area contributed by atoms with Crippen molar-refractivity contribution in [2.45, 2.75) is 52.6 Å². The van der Waals surface area contributed by atoms with Gasteiger partial charge in [-0.15, -0.1) is 5.10 Å². The van der Waals surface area contributed by atoms with Gasteiger partial charge in [0.1, 0.15) is 5.65 Å². The Bertz CT molecular complexity index is 1090. The van der Waals surface area contributed by atoms with Crippen LogP contribution in [0.1, 0.15) is 50.4 Å². The van der Waals surface area contributed by atoms with Crippen LogP contribution >= 0.6 is 0 Å². The molecule has 0 aromatic carbocycles. The van der Waals surface area contributed by atoms with Gasteiger partial charge in [0.2, 0.25) is 5.88 Å². The Kier molecular flexibility index (Phi) is 4.88. The maximum atomic E-state index is 13.0. The molecular weight excluding hydrogens is 388 g/mol. The molecule has 0 bridgehead atoms. The van der Waals surface area contributed by atoms with E-state index in [4.69, 9.17) is 5.14 Å². The fraction of sp³-hybridized carbons (Fsp3) is 0.562. The highest BCUT2D eigenvalue weighted by atomic mass is 32.2. The molecule has 28 heavy (non-hydrogen) atoms. The lowest BCUT2D eigenvalue weighted by atomic mass is 9.93. The van der Waals surface area contributed by atoms with Crippen LogP contribution in [-0.2, 0) is 16.8 Å². The van der Waals surface area contributed by atoms with E-state index >= 15 is 0 Å². The zero-order valence-corrected chi connectivity index (χ0v) is 16.7. The summed E-state index contributed by atoms with van der Waals surface area (Å²) in [6.07, 6.45) is 2.62. The maximum Gasteiger partial charge on any atom is 0.297 e. The van der Waals surface area contributed by atoms with Gasteiger partial charge >= 0.3 is 0 Å². The number of rotatable bonds is 5. The Hall–Kier alpha value is -2.60. The standard InChI is InChI=1S/C16H24N6O5S/c1-16(2,3)8-21-11-7-10(20-28(17,26)27)19-22(11)15(25)12(14(21)24)13(23)18-9-5-4-6-9/h7,9,25H,4-6,8H2,1-3H3,(H,18,23)(H,19,20)(H2,17,26,27). The Labute approximate surface area is 161 Å². The lowest BCUT2D eigenvalue weighted by Crippen LogP contribution is -2.43. The molecule has 11 nitrogen and oxygen atoms in total. The SMILES string of the molecule is CC(C)(C)Cn1c(=O)c(C(=O)NC2CCC2)c(O)n2nc(NS(N)(=O)=O)cc12. The lowest BCUT2D eigenvalue weighted by Gasteiger charge is -2.26. The number of nitrogens with one attached hydrogen (secondary N) is 2. The van der Waals surface area contributed by atoms with E-state index in [2.05, 4.69) is 10.4 Å². The number of aromatic hydroxyl groups is 1. The molecule has 1 fully saturated rings.